The normalized spacial score (nSPS) is 18.3. The van der Waals surface area contributed by atoms with Gasteiger partial charge in [0.2, 0.25) is 0 Å². The Bertz CT molecular complexity index is 2150. The SMILES string of the molecule is C=C(C)[C@@H]1CCC(C)=C[C@H]1c1c(OC(=O)OCN(CC)CC)cc(CCCCC)cc1C(OC(=O)OC(c1cc(CCCCC)cc(OC(=O)OCN(CC)CC)c1[C@@H]1C=C(C)CC[C@H]1C(=C)C)N(CC)CC)N(CC)CC. The molecule has 0 saturated carbocycles. The van der Waals surface area contributed by atoms with Crippen molar-refractivity contribution < 1.29 is 42.8 Å². The monoisotopic (exact) mass is 1080 g/mol. The molecule has 13 heteroatoms. The molecule has 0 fully saturated rings. The van der Waals surface area contributed by atoms with Crippen molar-refractivity contribution in [1.82, 2.24) is 19.6 Å². The Hall–Kier alpha value is -4.95. The van der Waals surface area contributed by atoms with Gasteiger partial charge < -0.3 is 28.4 Å². The number of unbranched alkanes of at least 4 members (excludes halogenated alkanes) is 4. The van der Waals surface area contributed by atoms with Crippen molar-refractivity contribution in [3.05, 3.63) is 105 Å². The highest BCUT2D eigenvalue weighted by Crippen LogP contribution is 2.50. The van der Waals surface area contributed by atoms with Crippen molar-refractivity contribution in [2.24, 2.45) is 11.8 Å². The van der Waals surface area contributed by atoms with Gasteiger partial charge in [-0.2, -0.15) is 0 Å². The highest BCUT2D eigenvalue weighted by Gasteiger charge is 2.39. The fraction of sp³-hybridized carbons (Fsp3) is 0.646. The van der Waals surface area contributed by atoms with E-state index in [2.05, 4.69) is 116 Å². The average Bonchev–Trinajstić information content (AvgIpc) is 3.53. The number of carbonyl (C=O) groups is 3. The summed E-state index contributed by atoms with van der Waals surface area (Å²) in [5.74, 6) is 0.279. The number of carbonyl (C=O) groups excluding carboxylic acids is 3. The van der Waals surface area contributed by atoms with E-state index in [1.54, 1.807) is 0 Å². The molecule has 0 aliphatic heterocycles. The van der Waals surface area contributed by atoms with E-state index in [9.17, 15) is 9.59 Å². The first-order valence-corrected chi connectivity index (χ1v) is 29.9. The van der Waals surface area contributed by atoms with Crippen LogP contribution in [0.5, 0.6) is 11.5 Å². The van der Waals surface area contributed by atoms with Gasteiger partial charge in [-0.15, -0.1) is 0 Å². The van der Waals surface area contributed by atoms with Crippen LogP contribution in [0, 0.1) is 11.8 Å². The van der Waals surface area contributed by atoms with Crippen molar-refractivity contribution in [1.29, 1.82) is 0 Å². The lowest BCUT2D eigenvalue weighted by Crippen LogP contribution is -2.37. The molecular weight excluding hydrogens is 981 g/mol. The molecule has 0 heterocycles. The molecule has 0 radical (unpaired) electrons. The highest BCUT2D eigenvalue weighted by molar-refractivity contribution is 5.68. The second kappa shape index (κ2) is 33.6. The number of nitrogens with zero attached hydrogens (tertiary/aromatic N) is 4. The molecule has 0 aromatic heterocycles. The Balaban J connectivity index is 2.05. The van der Waals surface area contributed by atoms with Crippen molar-refractivity contribution in [3.63, 3.8) is 0 Å². The summed E-state index contributed by atoms with van der Waals surface area (Å²) in [5.41, 5.74) is 9.36. The number of hydrogen-bond acceptors (Lipinski definition) is 13. The van der Waals surface area contributed by atoms with E-state index < -0.39 is 30.9 Å². The molecule has 0 saturated heterocycles. The Labute approximate surface area is 471 Å². The van der Waals surface area contributed by atoms with Gasteiger partial charge >= 0.3 is 18.5 Å². The van der Waals surface area contributed by atoms with Crippen LogP contribution in [-0.2, 0) is 31.8 Å². The van der Waals surface area contributed by atoms with Crippen LogP contribution in [0.2, 0.25) is 0 Å². The molecule has 6 atom stereocenters. The highest BCUT2D eigenvalue weighted by atomic mass is 16.7. The molecular formula is C65H102N4O9. The van der Waals surface area contributed by atoms with Gasteiger partial charge in [0.25, 0.3) is 0 Å². The first-order chi connectivity index (χ1) is 37.4. The van der Waals surface area contributed by atoms with Crippen molar-refractivity contribution in [2.45, 2.75) is 198 Å². The number of allylic oxidation sites excluding steroid dienone is 6. The van der Waals surface area contributed by atoms with Crippen LogP contribution in [0.25, 0.3) is 0 Å². The summed E-state index contributed by atoms with van der Waals surface area (Å²) in [4.78, 5) is 51.6. The van der Waals surface area contributed by atoms with Crippen molar-refractivity contribution >= 4 is 18.5 Å². The van der Waals surface area contributed by atoms with Crippen LogP contribution >= 0.6 is 0 Å². The van der Waals surface area contributed by atoms with Gasteiger partial charge in [0.05, 0.1) is 0 Å². The van der Waals surface area contributed by atoms with Crippen LogP contribution < -0.4 is 9.47 Å². The van der Waals surface area contributed by atoms with Gasteiger partial charge in [0.1, 0.15) is 25.0 Å². The third-order valence-electron chi connectivity index (χ3n) is 16.2. The first-order valence-electron chi connectivity index (χ1n) is 29.9. The summed E-state index contributed by atoms with van der Waals surface area (Å²) in [5, 5.41) is 0. The molecule has 436 valence electrons. The lowest BCUT2D eigenvalue weighted by atomic mass is 9.72. The van der Waals surface area contributed by atoms with E-state index in [4.69, 9.17) is 28.4 Å². The second-order valence-corrected chi connectivity index (χ2v) is 21.7. The van der Waals surface area contributed by atoms with Crippen LogP contribution in [0.3, 0.4) is 0 Å². The van der Waals surface area contributed by atoms with Gasteiger partial charge in [-0.05, 0) is 167 Å². The molecule has 0 bridgehead atoms. The van der Waals surface area contributed by atoms with Gasteiger partial charge in [-0.3, -0.25) is 19.6 Å². The van der Waals surface area contributed by atoms with E-state index >= 15 is 4.79 Å². The number of benzene rings is 2. The number of hydrogen-bond donors (Lipinski definition) is 0. The van der Waals surface area contributed by atoms with Crippen LogP contribution in [0.1, 0.15) is 219 Å². The summed E-state index contributed by atoms with van der Waals surface area (Å²) in [6.07, 6.45) is 11.1. The molecule has 2 aliphatic rings. The molecule has 2 aromatic carbocycles. The van der Waals surface area contributed by atoms with Gasteiger partial charge in [-0.1, -0.05) is 155 Å². The standard InChI is InChI=1S/C65H102N4O9/c1-17-27-29-31-49-39-55(59(53-37-47(15)33-35-51(53)45(11)12)57(41-49)75-63(70)73-43-66(19-3)20-4)61(68(23-7)24-8)77-65(72)78-62(69(25-9)26-10)56-40-50(32-30-28-18-2)42-58(76-64(71)74-44-67(21-5)22-6)60(56)54-38-48(16)34-36-52(54)46(13)14/h37-42,51-54,61-62H,11,13,17-36,43-44H2,1-10,12,14-16H3/t51-,52-,53+,54+,61?,62?/m0/s1. The fourth-order valence-electron chi connectivity index (χ4n) is 11.3. The van der Waals surface area contributed by atoms with E-state index in [-0.39, 0.29) is 37.1 Å². The summed E-state index contributed by atoms with van der Waals surface area (Å²) < 4.78 is 38.2. The smallest absolute Gasteiger partial charge is 0.418 e. The topological polar surface area (TPSA) is 120 Å². The minimum atomic E-state index is -0.961. The zero-order valence-corrected chi connectivity index (χ0v) is 50.9. The lowest BCUT2D eigenvalue weighted by molar-refractivity contribution is -0.0904. The molecule has 0 amide bonds. The first kappa shape index (κ1) is 65.6. The van der Waals surface area contributed by atoms with Crippen LogP contribution in [0.4, 0.5) is 14.4 Å². The number of rotatable bonds is 32. The maximum absolute atomic E-state index is 15.5. The third-order valence-corrected chi connectivity index (χ3v) is 16.2. The molecule has 2 aliphatic carbocycles. The molecule has 78 heavy (non-hydrogen) atoms. The zero-order chi connectivity index (χ0) is 57.5. The van der Waals surface area contributed by atoms with Crippen LogP contribution in [0.15, 0.2) is 71.9 Å². The van der Waals surface area contributed by atoms with Gasteiger partial charge in [0, 0.05) is 34.1 Å². The van der Waals surface area contributed by atoms with Gasteiger partial charge in [0.15, 0.2) is 12.5 Å². The predicted molar refractivity (Wildman–Crippen MR) is 316 cm³/mol. The van der Waals surface area contributed by atoms with E-state index in [1.807, 2.05) is 49.6 Å². The largest absolute Gasteiger partial charge is 0.515 e. The number of ether oxygens (including phenoxy) is 6. The van der Waals surface area contributed by atoms with Crippen molar-refractivity contribution in [3.8, 4) is 11.5 Å². The molecule has 4 rings (SSSR count). The van der Waals surface area contributed by atoms with Crippen LogP contribution in [-0.4, -0.2) is 104 Å². The second-order valence-electron chi connectivity index (χ2n) is 21.7. The Kier molecular flexibility index (Phi) is 28.2. The van der Waals surface area contributed by atoms with E-state index in [0.717, 1.165) is 122 Å². The molecule has 13 nitrogen and oxygen atoms in total. The Morgan fingerprint density at radius 3 is 1.19 bits per heavy atom. The fourth-order valence-corrected chi connectivity index (χ4v) is 11.3. The minimum Gasteiger partial charge on any atom is -0.418 e. The maximum Gasteiger partial charge on any atom is 0.515 e. The number of aryl methyl sites for hydroxylation is 2. The summed E-state index contributed by atoms with van der Waals surface area (Å²) in [6.45, 7) is 43.2. The third kappa shape index (κ3) is 18.6. The maximum atomic E-state index is 15.5. The molecule has 0 N–H and O–H groups in total. The Morgan fingerprint density at radius 2 is 0.885 bits per heavy atom. The van der Waals surface area contributed by atoms with E-state index in [0.29, 0.717) is 63.9 Å². The van der Waals surface area contributed by atoms with Crippen molar-refractivity contribution in [2.75, 3.05) is 65.8 Å². The summed E-state index contributed by atoms with van der Waals surface area (Å²) in [6, 6.07) is 8.28. The predicted octanol–water partition coefficient (Wildman–Crippen LogP) is 16.3. The Morgan fingerprint density at radius 1 is 0.526 bits per heavy atom. The van der Waals surface area contributed by atoms with E-state index in [1.165, 1.54) is 11.1 Å². The molecule has 2 unspecified atom stereocenters. The lowest BCUT2D eigenvalue weighted by Gasteiger charge is -2.38. The molecule has 2 aromatic rings. The quantitative estimate of drug-likeness (QED) is 0.0173. The summed E-state index contributed by atoms with van der Waals surface area (Å²) >= 11 is 0. The average molecular weight is 1080 g/mol. The zero-order valence-electron chi connectivity index (χ0n) is 50.9. The summed E-state index contributed by atoms with van der Waals surface area (Å²) in [7, 11) is 0. The minimum absolute atomic E-state index is 0.0123. The van der Waals surface area contributed by atoms with Gasteiger partial charge in [-0.25, -0.2) is 14.4 Å². The molecule has 0 spiro atoms.